The van der Waals surface area contributed by atoms with Gasteiger partial charge in [0, 0.05) is 23.2 Å². The predicted octanol–water partition coefficient (Wildman–Crippen LogP) is 1.62. The summed E-state index contributed by atoms with van der Waals surface area (Å²) < 4.78 is 3.65. The molecule has 0 aliphatic heterocycles. The second-order valence-corrected chi connectivity index (χ2v) is 4.64. The van der Waals surface area contributed by atoms with Gasteiger partial charge in [0.25, 0.3) is 0 Å². The lowest BCUT2D eigenvalue weighted by atomic mass is 10.3. The van der Waals surface area contributed by atoms with Crippen LogP contribution in [0.1, 0.15) is 13.3 Å². The minimum atomic E-state index is 0.0212. The van der Waals surface area contributed by atoms with Gasteiger partial charge in [0.15, 0.2) is 0 Å². The number of nitrogens with zero attached hydrogens (tertiary/aromatic N) is 2. The largest absolute Gasteiger partial charge is 0.315 e. The molecular weight excluding hydrogens is 206 g/mol. The zero-order valence-corrected chi connectivity index (χ0v) is 9.11. The molecule has 72 valence electrons. The minimum Gasteiger partial charge on any atom is -0.315 e. The molecule has 0 saturated heterocycles. The predicted molar refractivity (Wildman–Crippen MR) is 56.1 cm³/mol. The molecular formula is C7H11N3OS2. The molecule has 6 heteroatoms. The van der Waals surface area contributed by atoms with Gasteiger partial charge in [0.05, 0.1) is 6.20 Å². The van der Waals surface area contributed by atoms with Crippen LogP contribution in [-0.4, -0.2) is 27.0 Å². The Hall–Kier alpha value is -0.620. The van der Waals surface area contributed by atoms with E-state index in [0.717, 1.165) is 0 Å². The van der Waals surface area contributed by atoms with Crippen LogP contribution in [0.4, 0.5) is 5.00 Å². The van der Waals surface area contributed by atoms with Crippen LogP contribution in [-0.2, 0) is 4.79 Å². The summed E-state index contributed by atoms with van der Waals surface area (Å²) in [6.07, 6.45) is 4.07. The van der Waals surface area contributed by atoms with E-state index in [1.807, 2.05) is 13.2 Å². The van der Waals surface area contributed by atoms with Crippen molar-refractivity contribution in [1.82, 2.24) is 9.59 Å². The standard InChI is InChI=1S/C7H11N3OS2/c1-5(12-2)3-6(11)9-7-4-8-10-13-7/h4-5H,3H2,1-2H3,(H,9,11). The highest BCUT2D eigenvalue weighted by atomic mass is 32.2. The third kappa shape index (κ3) is 3.73. The quantitative estimate of drug-likeness (QED) is 0.832. The second-order valence-electron chi connectivity index (χ2n) is 2.58. The van der Waals surface area contributed by atoms with Crippen molar-refractivity contribution in [3.63, 3.8) is 0 Å². The summed E-state index contributed by atoms with van der Waals surface area (Å²) in [5, 5.41) is 7.41. The van der Waals surface area contributed by atoms with Gasteiger partial charge in [-0.15, -0.1) is 5.10 Å². The van der Waals surface area contributed by atoms with Crippen molar-refractivity contribution in [1.29, 1.82) is 0 Å². The van der Waals surface area contributed by atoms with Crippen LogP contribution in [0.5, 0.6) is 0 Å². The molecule has 0 spiro atoms. The monoisotopic (exact) mass is 217 g/mol. The van der Waals surface area contributed by atoms with E-state index >= 15 is 0 Å². The van der Waals surface area contributed by atoms with Crippen molar-refractivity contribution < 1.29 is 4.79 Å². The number of aromatic nitrogens is 2. The van der Waals surface area contributed by atoms with Crippen molar-refractivity contribution in [2.75, 3.05) is 11.6 Å². The van der Waals surface area contributed by atoms with Crippen LogP contribution in [0.15, 0.2) is 6.20 Å². The maximum absolute atomic E-state index is 11.3. The molecule has 1 rings (SSSR count). The fourth-order valence-corrected chi connectivity index (χ4v) is 1.51. The fourth-order valence-electron chi connectivity index (χ4n) is 0.755. The van der Waals surface area contributed by atoms with Gasteiger partial charge in [-0.3, -0.25) is 4.79 Å². The SMILES string of the molecule is CSC(C)CC(=O)Nc1cnns1. The smallest absolute Gasteiger partial charge is 0.226 e. The molecule has 1 unspecified atom stereocenters. The normalized spacial score (nSPS) is 12.5. The number of hydrogen-bond acceptors (Lipinski definition) is 5. The lowest BCUT2D eigenvalue weighted by molar-refractivity contribution is -0.116. The lowest BCUT2D eigenvalue weighted by Crippen LogP contribution is -2.15. The van der Waals surface area contributed by atoms with Crippen LogP contribution in [0.25, 0.3) is 0 Å². The number of rotatable bonds is 4. The zero-order valence-electron chi connectivity index (χ0n) is 7.48. The first-order valence-corrected chi connectivity index (χ1v) is 5.88. The molecule has 1 aromatic rings. The van der Waals surface area contributed by atoms with Crippen molar-refractivity contribution >= 4 is 34.2 Å². The molecule has 0 bridgehead atoms. The average molecular weight is 217 g/mol. The van der Waals surface area contributed by atoms with E-state index in [-0.39, 0.29) is 5.91 Å². The molecule has 0 radical (unpaired) electrons. The first-order valence-electron chi connectivity index (χ1n) is 3.82. The summed E-state index contributed by atoms with van der Waals surface area (Å²) in [5.74, 6) is 0.0212. The molecule has 0 saturated carbocycles. The maximum Gasteiger partial charge on any atom is 0.226 e. The molecule has 1 heterocycles. The van der Waals surface area contributed by atoms with Crippen LogP contribution < -0.4 is 5.32 Å². The Morgan fingerprint density at radius 1 is 1.85 bits per heavy atom. The van der Waals surface area contributed by atoms with E-state index in [1.54, 1.807) is 18.0 Å². The summed E-state index contributed by atoms with van der Waals surface area (Å²) in [6.45, 7) is 2.02. The van der Waals surface area contributed by atoms with E-state index < -0.39 is 0 Å². The molecule has 4 nitrogen and oxygen atoms in total. The molecule has 0 aliphatic carbocycles. The van der Waals surface area contributed by atoms with E-state index in [4.69, 9.17) is 0 Å². The van der Waals surface area contributed by atoms with Gasteiger partial charge in [0.2, 0.25) is 5.91 Å². The maximum atomic E-state index is 11.3. The molecule has 0 aliphatic rings. The summed E-state index contributed by atoms with van der Waals surface area (Å²) in [5.41, 5.74) is 0. The van der Waals surface area contributed by atoms with E-state index in [2.05, 4.69) is 14.9 Å². The second kappa shape index (κ2) is 5.18. The Morgan fingerprint density at radius 3 is 3.15 bits per heavy atom. The Balaban J connectivity index is 2.34. The molecule has 0 aromatic carbocycles. The van der Waals surface area contributed by atoms with Crippen molar-refractivity contribution in [2.45, 2.75) is 18.6 Å². The summed E-state index contributed by atoms with van der Waals surface area (Å²) >= 11 is 2.86. The Kier molecular flexibility index (Phi) is 4.17. The van der Waals surface area contributed by atoms with Gasteiger partial charge in [-0.25, -0.2) is 0 Å². The first kappa shape index (κ1) is 10.5. The molecule has 1 atom stereocenters. The third-order valence-corrected chi connectivity index (χ3v) is 3.05. The summed E-state index contributed by atoms with van der Waals surface area (Å²) in [7, 11) is 0. The number of thioether (sulfide) groups is 1. The summed E-state index contributed by atoms with van der Waals surface area (Å²) in [4.78, 5) is 11.3. The zero-order chi connectivity index (χ0) is 9.68. The molecule has 1 N–H and O–H groups in total. The van der Waals surface area contributed by atoms with E-state index in [0.29, 0.717) is 16.7 Å². The lowest BCUT2D eigenvalue weighted by Gasteiger charge is -2.06. The Labute approximate surface area is 85.3 Å². The number of hydrogen-bond donors (Lipinski definition) is 1. The van der Waals surface area contributed by atoms with Gasteiger partial charge in [-0.05, 0) is 6.26 Å². The Bertz CT molecular complexity index is 263. The first-order chi connectivity index (χ1) is 6.22. The van der Waals surface area contributed by atoms with Gasteiger partial charge in [-0.2, -0.15) is 11.8 Å². The van der Waals surface area contributed by atoms with Gasteiger partial charge in [0.1, 0.15) is 5.00 Å². The highest BCUT2D eigenvalue weighted by Crippen LogP contribution is 2.13. The number of nitrogens with one attached hydrogen (secondary N) is 1. The van der Waals surface area contributed by atoms with E-state index in [1.165, 1.54) is 11.5 Å². The van der Waals surface area contributed by atoms with Crippen LogP contribution >= 0.6 is 23.3 Å². The Morgan fingerprint density at radius 2 is 2.62 bits per heavy atom. The highest BCUT2D eigenvalue weighted by molar-refractivity contribution is 7.99. The molecule has 1 aromatic heterocycles. The summed E-state index contributed by atoms with van der Waals surface area (Å²) in [6, 6.07) is 0. The molecule has 0 fully saturated rings. The topological polar surface area (TPSA) is 54.9 Å². The van der Waals surface area contributed by atoms with Crippen molar-refractivity contribution in [3.8, 4) is 0 Å². The number of anilines is 1. The average Bonchev–Trinajstić information content (AvgIpc) is 2.56. The van der Waals surface area contributed by atoms with E-state index in [9.17, 15) is 4.79 Å². The van der Waals surface area contributed by atoms with Gasteiger partial charge < -0.3 is 5.32 Å². The van der Waals surface area contributed by atoms with Crippen molar-refractivity contribution in [3.05, 3.63) is 6.20 Å². The highest BCUT2D eigenvalue weighted by Gasteiger charge is 2.08. The number of amides is 1. The molecule has 1 amide bonds. The van der Waals surface area contributed by atoms with Crippen LogP contribution in [0, 0.1) is 0 Å². The third-order valence-electron chi connectivity index (χ3n) is 1.50. The number of carbonyl (C=O) groups excluding carboxylic acids is 1. The number of carbonyl (C=O) groups is 1. The van der Waals surface area contributed by atoms with Crippen LogP contribution in [0.3, 0.4) is 0 Å². The minimum absolute atomic E-state index is 0.0212. The molecule has 13 heavy (non-hydrogen) atoms. The van der Waals surface area contributed by atoms with Gasteiger partial charge >= 0.3 is 0 Å². The van der Waals surface area contributed by atoms with Crippen LogP contribution in [0.2, 0.25) is 0 Å². The van der Waals surface area contributed by atoms with Crippen molar-refractivity contribution in [2.24, 2.45) is 0 Å². The fraction of sp³-hybridized carbons (Fsp3) is 0.571. The van der Waals surface area contributed by atoms with Gasteiger partial charge in [-0.1, -0.05) is 11.4 Å².